The summed E-state index contributed by atoms with van der Waals surface area (Å²) in [5.41, 5.74) is 1.06. The first-order chi connectivity index (χ1) is 7.65. The van der Waals surface area contributed by atoms with Crippen molar-refractivity contribution in [1.29, 1.82) is 0 Å². The lowest BCUT2D eigenvalue weighted by Crippen LogP contribution is -2.35. The predicted octanol–water partition coefficient (Wildman–Crippen LogP) is 2.23. The van der Waals surface area contributed by atoms with E-state index >= 15 is 0 Å². The summed E-state index contributed by atoms with van der Waals surface area (Å²) in [6.45, 7) is 1.07. The molecule has 2 aliphatic rings. The quantitative estimate of drug-likeness (QED) is 0.779. The first-order valence-electron chi connectivity index (χ1n) is 5.38. The van der Waals surface area contributed by atoms with Crippen molar-refractivity contribution in [1.82, 2.24) is 4.90 Å². The first kappa shape index (κ1) is 10.9. The van der Waals surface area contributed by atoms with Crippen LogP contribution in [0, 0.1) is 0 Å². The Hall–Kier alpha value is -1.58. The zero-order valence-corrected chi connectivity index (χ0v) is 8.95. The second-order valence-electron chi connectivity index (χ2n) is 4.08. The molecule has 4 heteroatoms. The van der Waals surface area contributed by atoms with Crippen molar-refractivity contribution in [3.63, 3.8) is 0 Å². The number of amides is 1. The van der Waals surface area contributed by atoms with Crippen LogP contribution in [-0.2, 0) is 4.79 Å². The molecule has 0 aromatic rings. The van der Waals surface area contributed by atoms with Gasteiger partial charge in [-0.05, 0) is 12.5 Å². The molecule has 1 heterocycles. The van der Waals surface area contributed by atoms with Crippen LogP contribution in [-0.4, -0.2) is 29.0 Å². The fourth-order valence-electron chi connectivity index (χ4n) is 1.85. The molecule has 0 bridgehead atoms. The second-order valence-corrected chi connectivity index (χ2v) is 4.08. The Bertz CT molecular complexity index is 396. The smallest absolute Gasteiger partial charge is 0.250 e. The van der Waals surface area contributed by atoms with Gasteiger partial charge in [-0.2, -0.15) is 0 Å². The average molecular weight is 223 g/mol. The first-order valence-corrected chi connectivity index (χ1v) is 5.38. The van der Waals surface area contributed by atoms with Gasteiger partial charge in [0.25, 0.3) is 0 Å². The van der Waals surface area contributed by atoms with Crippen LogP contribution in [0.25, 0.3) is 0 Å². The van der Waals surface area contributed by atoms with E-state index < -0.39 is 0 Å². The number of halogens is 1. The van der Waals surface area contributed by atoms with Crippen molar-refractivity contribution in [3.05, 3.63) is 35.4 Å². The summed E-state index contributed by atoms with van der Waals surface area (Å²) in [6.07, 6.45) is 6.05. The SMILES string of the molecule is O=C1C=C(O)CCN1CC1=CC=C(F)CC1. The maximum atomic E-state index is 12.8. The Balaban J connectivity index is 1.99. The molecule has 86 valence electrons. The fraction of sp³-hybridized carbons (Fsp3) is 0.417. The number of hydrogen-bond donors (Lipinski definition) is 1. The van der Waals surface area contributed by atoms with Crippen LogP contribution >= 0.6 is 0 Å². The Kier molecular flexibility index (Phi) is 3.08. The minimum atomic E-state index is -0.167. The molecule has 0 saturated carbocycles. The Morgan fingerprint density at radius 3 is 2.75 bits per heavy atom. The van der Waals surface area contributed by atoms with Crippen molar-refractivity contribution in [2.24, 2.45) is 0 Å². The minimum absolute atomic E-state index is 0.105. The number of nitrogens with zero attached hydrogens (tertiary/aromatic N) is 1. The van der Waals surface area contributed by atoms with Crippen LogP contribution < -0.4 is 0 Å². The van der Waals surface area contributed by atoms with E-state index in [9.17, 15) is 14.3 Å². The standard InChI is InChI=1S/C12H14FNO2/c13-10-3-1-9(2-4-10)8-14-6-5-11(15)7-12(14)16/h1,3,7,15H,2,4-6,8H2. The van der Waals surface area contributed by atoms with Crippen LogP contribution in [0.15, 0.2) is 35.4 Å². The van der Waals surface area contributed by atoms with E-state index in [4.69, 9.17) is 0 Å². The highest BCUT2D eigenvalue weighted by Gasteiger charge is 2.19. The van der Waals surface area contributed by atoms with Crippen molar-refractivity contribution < 1.29 is 14.3 Å². The van der Waals surface area contributed by atoms with E-state index in [-0.39, 0.29) is 17.5 Å². The van der Waals surface area contributed by atoms with E-state index in [1.54, 1.807) is 11.0 Å². The van der Waals surface area contributed by atoms with Gasteiger partial charge in [-0.15, -0.1) is 0 Å². The van der Waals surface area contributed by atoms with E-state index in [0.717, 1.165) is 5.57 Å². The monoisotopic (exact) mass is 223 g/mol. The summed E-state index contributed by atoms with van der Waals surface area (Å²) in [7, 11) is 0. The predicted molar refractivity (Wildman–Crippen MR) is 58.4 cm³/mol. The van der Waals surface area contributed by atoms with Crippen LogP contribution in [0.3, 0.4) is 0 Å². The van der Waals surface area contributed by atoms with Gasteiger partial charge in [0, 0.05) is 32.0 Å². The van der Waals surface area contributed by atoms with Crippen molar-refractivity contribution in [2.75, 3.05) is 13.1 Å². The molecule has 2 rings (SSSR count). The molecule has 0 aromatic carbocycles. The highest BCUT2D eigenvalue weighted by atomic mass is 19.1. The summed E-state index contributed by atoms with van der Waals surface area (Å²) in [6, 6.07) is 0. The van der Waals surface area contributed by atoms with E-state index in [1.807, 2.05) is 0 Å². The molecule has 0 aromatic heterocycles. The zero-order valence-electron chi connectivity index (χ0n) is 8.95. The van der Waals surface area contributed by atoms with E-state index in [2.05, 4.69) is 0 Å². The third-order valence-corrected chi connectivity index (χ3v) is 2.82. The van der Waals surface area contributed by atoms with Gasteiger partial charge in [0.2, 0.25) is 5.91 Å². The third-order valence-electron chi connectivity index (χ3n) is 2.82. The molecule has 16 heavy (non-hydrogen) atoms. The molecule has 0 fully saturated rings. The highest BCUT2D eigenvalue weighted by molar-refractivity contribution is 5.89. The van der Waals surface area contributed by atoms with E-state index in [1.165, 1.54) is 12.2 Å². The van der Waals surface area contributed by atoms with Crippen molar-refractivity contribution in [3.8, 4) is 0 Å². The van der Waals surface area contributed by atoms with Crippen molar-refractivity contribution >= 4 is 5.91 Å². The van der Waals surface area contributed by atoms with Crippen LogP contribution in [0.4, 0.5) is 4.39 Å². The van der Waals surface area contributed by atoms with Gasteiger partial charge in [-0.1, -0.05) is 11.6 Å². The summed E-state index contributed by atoms with van der Waals surface area (Å²) in [4.78, 5) is 13.2. The molecular weight excluding hydrogens is 209 g/mol. The molecule has 1 aliphatic heterocycles. The van der Waals surface area contributed by atoms with Gasteiger partial charge < -0.3 is 10.0 Å². The van der Waals surface area contributed by atoms with Gasteiger partial charge in [-0.3, -0.25) is 4.79 Å². The average Bonchev–Trinajstić information content (AvgIpc) is 2.25. The molecular formula is C12H14FNO2. The van der Waals surface area contributed by atoms with Gasteiger partial charge in [0.05, 0.1) is 5.76 Å². The summed E-state index contributed by atoms with van der Waals surface area (Å²) in [5, 5.41) is 9.18. The van der Waals surface area contributed by atoms with Gasteiger partial charge in [0.1, 0.15) is 5.83 Å². The largest absolute Gasteiger partial charge is 0.512 e. The lowest BCUT2D eigenvalue weighted by Gasteiger charge is -2.26. The molecule has 0 radical (unpaired) electrons. The lowest BCUT2D eigenvalue weighted by atomic mass is 10.0. The van der Waals surface area contributed by atoms with Gasteiger partial charge in [0.15, 0.2) is 0 Å². The normalized spacial score (nSPS) is 21.4. The molecule has 0 saturated heterocycles. The summed E-state index contributed by atoms with van der Waals surface area (Å²) in [5.74, 6) is -0.129. The molecule has 0 spiro atoms. The fourth-order valence-corrected chi connectivity index (χ4v) is 1.85. The second kappa shape index (κ2) is 4.51. The minimum Gasteiger partial charge on any atom is -0.512 e. The van der Waals surface area contributed by atoms with E-state index in [0.29, 0.717) is 32.4 Å². The number of rotatable bonds is 2. The Morgan fingerprint density at radius 1 is 1.31 bits per heavy atom. The Labute approximate surface area is 93.6 Å². The summed E-state index contributed by atoms with van der Waals surface area (Å²) >= 11 is 0. The number of carbonyl (C=O) groups is 1. The number of hydrogen-bond acceptors (Lipinski definition) is 2. The van der Waals surface area contributed by atoms with Gasteiger partial charge >= 0.3 is 0 Å². The molecule has 0 atom stereocenters. The number of aliphatic hydroxyl groups is 1. The Morgan fingerprint density at radius 2 is 2.12 bits per heavy atom. The number of allylic oxidation sites excluding steroid dienone is 3. The third kappa shape index (κ3) is 2.51. The summed E-state index contributed by atoms with van der Waals surface area (Å²) < 4.78 is 12.8. The molecule has 1 N–H and O–H groups in total. The highest BCUT2D eigenvalue weighted by Crippen LogP contribution is 2.21. The van der Waals surface area contributed by atoms with Crippen molar-refractivity contribution in [2.45, 2.75) is 19.3 Å². The topological polar surface area (TPSA) is 40.5 Å². The molecule has 3 nitrogen and oxygen atoms in total. The van der Waals surface area contributed by atoms with Crippen LogP contribution in [0.1, 0.15) is 19.3 Å². The molecule has 1 aliphatic carbocycles. The zero-order chi connectivity index (χ0) is 11.5. The number of carbonyl (C=O) groups excluding carboxylic acids is 1. The maximum absolute atomic E-state index is 12.8. The molecule has 0 unspecified atom stereocenters. The van der Waals surface area contributed by atoms with Crippen LogP contribution in [0.5, 0.6) is 0 Å². The maximum Gasteiger partial charge on any atom is 0.250 e. The van der Waals surface area contributed by atoms with Gasteiger partial charge in [-0.25, -0.2) is 4.39 Å². The van der Waals surface area contributed by atoms with Crippen LogP contribution in [0.2, 0.25) is 0 Å². The number of aliphatic hydroxyl groups excluding tert-OH is 1. The molecule has 1 amide bonds. The lowest BCUT2D eigenvalue weighted by molar-refractivity contribution is -0.126.